The predicted octanol–water partition coefficient (Wildman–Crippen LogP) is 4.08. The van der Waals surface area contributed by atoms with Gasteiger partial charge in [-0.25, -0.2) is 9.97 Å². The van der Waals surface area contributed by atoms with Gasteiger partial charge < -0.3 is 15.0 Å². The number of rotatable bonds is 7. The van der Waals surface area contributed by atoms with E-state index in [9.17, 15) is 4.79 Å². The molecule has 0 fully saturated rings. The molecule has 0 aliphatic rings. The summed E-state index contributed by atoms with van der Waals surface area (Å²) in [5.41, 5.74) is 1.41. The van der Waals surface area contributed by atoms with Crippen LogP contribution < -0.4 is 10.1 Å². The number of carbonyl (C=O) groups is 1. The van der Waals surface area contributed by atoms with Crippen LogP contribution in [-0.4, -0.2) is 47.7 Å². The molecule has 28 heavy (non-hydrogen) atoms. The molecule has 1 aromatic heterocycles. The number of aromatic nitrogens is 2. The van der Waals surface area contributed by atoms with Crippen LogP contribution in [0.3, 0.4) is 0 Å². The van der Waals surface area contributed by atoms with Crippen LogP contribution in [0.2, 0.25) is 5.02 Å². The molecule has 0 atom stereocenters. The van der Waals surface area contributed by atoms with Crippen molar-refractivity contribution in [3.05, 3.63) is 53.3 Å². The van der Waals surface area contributed by atoms with E-state index in [1.807, 2.05) is 43.3 Å². The molecular formula is C20H21ClN4O2S. The third-order valence-electron chi connectivity index (χ3n) is 3.85. The first-order valence-electron chi connectivity index (χ1n) is 8.63. The summed E-state index contributed by atoms with van der Waals surface area (Å²) in [5.74, 6) is 1.33. The molecule has 0 saturated heterocycles. The second-order valence-electron chi connectivity index (χ2n) is 6.38. The maximum atomic E-state index is 12.5. The number of amides is 1. The van der Waals surface area contributed by atoms with Gasteiger partial charge in [-0.15, -0.1) is 0 Å². The van der Waals surface area contributed by atoms with Gasteiger partial charge in [0.15, 0.2) is 0 Å². The van der Waals surface area contributed by atoms with Crippen LogP contribution in [0, 0.1) is 0 Å². The summed E-state index contributed by atoms with van der Waals surface area (Å²) in [4.78, 5) is 23.8. The lowest BCUT2D eigenvalue weighted by atomic mass is 10.2. The van der Waals surface area contributed by atoms with Crippen molar-refractivity contribution in [1.82, 2.24) is 14.9 Å². The smallest absolute Gasteiger partial charge is 0.234 e. The zero-order valence-electron chi connectivity index (χ0n) is 15.9. The van der Waals surface area contributed by atoms with Crippen LogP contribution in [0.25, 0.3) is 10.9 Å². The molecule has 2 aromatic carbocycles. The van der Waals surface area contributed by atoms with E-state index in [4.69, 9.17) is 16.3 Å². The highest BCUT2D eigenvalue weighted by molar-refractivity contribution is 8.00. The van der Waals surface area contributed by atoms with Gasteiger partial charge in [0.1, 0.15) is 16.6 Å². The van der Waals surface area contributed by atoms with E-state index in [0.29, 0.717) is 23.0 Å². The maximum Gasteiger partial charge on any atom is 0.234 e. The molecule has 0 aliphatic carbocycles. The van der Waals surface area contributed by atoms with Crippen LogP contribution in [0.15, 0.2) is 47.5 Å². The number of carbonyl (C=O) groups excluding carboxylic acids is 1. The fourth-order valence-corrected chi connectivity index (χ4v) is 3.67. The predicted molar refractivity (Wildman–Crippen MR) is 114 cm³/mol. The highest BCUT2D eigenvalue weighted by atomic mass is 35.5. The van der Waals surface area contributed by atoms with Crippen molar-refractivity contribution in [2.75, 3.05) is 32.3 Å². The van der Waals surface area contributed by atoms with E-state index in [-0.39, 0.29) is 11.7 Å². The molecule has 3 rings (SSSR count). The quantitative estimate of drug-likeness (QED) is 0.462. The minimum absolute atomic E-state index is 0.164. The number of thioether (sulfide) groups is 1. The van der Waals surface area contributed by atoms with Crippen LogP contribution in [-0.2, 0) is 11.3 Å². The van der Waals surface area contributed by atoms with Gasteiger partial charge in [-0.05, 0) is 38.4 Å². The summed E-state index contributed by atoms with van der Waals surface area (Å²) in [5, 5.41) is 5.09. The monoisotopic (exact) mass is 416 g/mol. The second-order valence-corrected chi connectivity index (χ2v) is 7.78. The number of hydrogen-bond acceptors (Lipinski definition) is 6. The van der Waals surface area contributed by atoms with E-state index in [1.54, 1.807) is 25.3 Å². The van der Waals surface area contributed by atoms with Crippen LogP contribution in [0.1, 0.15) is 5.82 Å². The Morgan fingerprint density at radius 1 is 1.21 bits per heavy atom. The SMILES string of the molecule is COc1ccc(Cl)cc1NC(=O)CSc1nc(CN(C)C)nc2ccccc12. The van der Waals surface area contributed by atoms with E-state index in [2.05, 4.69) is 15.3 Å². The molecule has 1 amide bonds. The van der Waals surface area contributed by atoms with Crippen molar-refractivity contribution in [3.63, 3.8) is 0 Å². The van der Waals surface area contributed by atoms with Gasteiger partial charge in [-0.2, -0.15) is 0 Å². The summed E-state index contributed by atoms with van der Waals surface area (Å²) in [6.45, 7) is 0.629. The molecule has 0 aliphatic heterocycles. The summed E-state index contributed by atoms with van der Waals surface area (Å²) in [7, 11) is 5.49. The number of nitrogens with zero attached hydrogens (tertiary/aromatic N) is 3. The summed E-state index contributed by atoms with van der Waals surface area (Å²) in [6, 6.07) is 12.9. The van der Waals surface area contributed by atoms with E-state index in [1.165, 1.54) is 11.8 Å². The molecule has 146 valence electrons. The third-order valence-corrected chi connectivity index (χ3v) is 5.07. The minimum Gasteiger partial charge on any atom is -0.495 e. The average molecular weight is 417 g/mol. The fourth-order valence-electron chi connectivity index (χ4n) is 2.66. The first kappa shape index (κ1) is 20.4. The Bertz CT molecular complexity index is 997. The summed E-state index contributed by atoms with van der Waals surface area (Å²) >= 11 is 7.40. The van der Waals surface area contributed by atoms with Crippen molar-refractivity contribution >= 4 is 45.9 Å². The molecule has 0 spiro atoms. The number of halogens is 1. The Balaban J connectivity index is 1.77. The Morgan fingerprint density at radius 2 is 2.00 bits per heavy atom. The number of methoxy groups -OCH3 is 1. The normalized spacial score (nSPS) is 11.0. The van der Waals surface area contributed by atoms with Gasteiger partial charge in [0.2, 0.25) is 5.91 Å². The Hall–Kier alpha value is -2.35. The first-order chi connectivity index (χ1) is 13.5. The third kappa shape index (κ3) is 5.13. The van der Waals surface area contributed by atoms with E-state index >= 15 is 0 Å². The Morgan fingerprint density at radius 3 is 2.75 bits per heavy atom. The van der Waals surface area contributed by atoms with Crippen molar-refractivity contribution in [2.45, 2.75) is 11.6 Å². The highest BCUT2D eigenvalue weighted by Crippen LogP contribution is 2.29. The maximum absolute atomic E-state index is 12.5. The molecule has 0 bridgehead atoms. The number of benzene rings is 2. The number of anilines is 1. The van der Waals surface area contributed by atoms with Crippen LogP contribution >= 0.6 is 23.4 Å². The lowest BCUT2D eigenvalue weighted by Crippen LogP contribution is -2.16. The molecule has 0 radical (unpaired) electrons. The average Bonchev–Trinajstić information content (AvgIpc) is 2.66. The van der Waals surface area contributed by atoms with Crippen molar-refractivity contribution in [1.29, 1.82) is 0 Å². The topological polar surface area (TPSA) is 67.3 Å². The number of para-hydroxylation sites is 1. The van der Waals surface area contributed by atoms with Gasteiger partial charge in [-0.3, -0.25) is 4.79 Å². The fraction of sp³-hybridized carbons (Fsp3) is 0.250. The standard InChI is InChI=1S/C20H21ClN4O2S/c1-25(2)11-18-22-15-7-5-4-6-14(15)20(24-18)28-12-19(26)23-16-10-13(21)8-9-17(16)27-3/h4-10H,11-12H2,1-3H3,(H,23,26). The number of fused-ring (bicyclic) bond motifs is 1. The first-order valence-corrected chi connectivity index (χ1v) is 9.99. The second kappa shape index (κ2) is 9.23. The highest BCUT2D eigenvalue weighted by Gasteiger charge is 2.13. The molecule has 1 heterocycles. The summed E-state index contributed by atoms with van der Waals surface area (Å²) < 4.78 is 5.27. The largest absolute Gasteiger partial charge is 0.495 e. The van der Waals surface area contributed by atoms with Gasteiger partial charge in [0.25, 0.3) is 0 Å². The summed E-state index contributed by atoms with van der Waals surface area (Å²) in [6.07, 6.45) is 0. The van der Waals surface area contributed by atoms with Crippen molar-refractivity contribution in [3.8, 4) is 5.75 Å². The van der Waals surface area contributed by atoms with Crippen molar-refractivity contribution in [2.24, 2.45) is 0 Å². The molecule has 8 heteroatoms. The Labute approximate surface area is 173 Å². The van der Waals surface area contributed by atoms with Crippen LogP contribution in [0.4, 0.5) is 5.69 Å². The lowest BCUT2D eigenvalue weighted by molar-refractivity contribution is -0.113. The molecule has 3 aromatic rings. The van der Waals surface area contributed by atoms with Gasteiger partial charge in [-0.1, -0.05) is 41.6 Å². The molecule has 1 N–H and O–H groups in total. The van der Waals surface area contributed by atoms with E-state index < -0.39 is 0 Å². The molecule has 6 nitrogen and oxygen atoms in total. The lowest BCUT2D eigenvalue weighted by Gasteiger charge is -2.12. The van der Waals surface area contributed by atoms with Crippen LogP contribution in [0.5, 0.6) is 5.75 Å². The van der Waals surface area contributed by atoms with Gasteiger partial charge >= 0.3 is 0 Å². The number of nitrogens with one attached hydrogen (secondary N) is 1. The molecular weight excluding hydrogens is 396 g/mol. The van der Waals surface area contributed by atoms with Gasteiger partial charge in [0, 0.05) is 10.4 Å². The molecule has 0 unspecified atom stereocenters. The zero-order chi connectivity index (χ0) is 20.1. The number of hydrogen-bond donors (Lipinski definition) is 1. The van der Waals surface area contributed by atoms with Gasteiger partial charge in [0.05, 0.1) is 30.6 Å². The number of ether oxygens (including phenoxy) is 1. The minimum atomic E-state index is -0.164. The van der Waals surface area contributed by atoms with Crippen molar-refractivity contribution < 1.29 is 9.53 Å². The van der Waals surface area contributed by atoms with E-state index in [0.717, 1.165) is 21.8 Å². The molecule has 0 saturated carbocycles. The Kier molecular flexibility index (Phi) is 6.72. The zero-order valence-corrected chi connectivity index (χ0v) is 17.5.